The molecule has 120 valence electrons. The first kappa shape index (κ1) is 17.6. The summed E-state index contributed by atoms with van der Waals surface area (Å²) in [5, 5.41) is 14.4. The molecule has 1 aliphatic rings. The van der Waals surface area contributed by atoms with Gasteiger partial charge in [-0.1, -0.05) is 35.9 Å². The number of aliphatic hydroxyl groups excluding tert-OH is 1. The molecule has 0 bridgehead atoms. The summed E-state index contributed by atoms with van der Waals surface area (Å²) in [4.78, 5) is 0. The van der Waals surface area contributed by atoms with E-state index in [4.69, 9.17) is 11.6 Å². The number of hydrogen-bond acceptors (Lipinski definition) is 3. The maximum atomic E-state index is 10.5. The average Bonchev–Trinajstić information content (AvgIpc) is 2.97. The fraction of sp³-hybridized carbons (Fsp3) is 0.176. The fourth-order valence-corrected chi connectivity index (χ4v) is 5.00. The van der Waals surface area contributed by atoms with Crippen molar-refractivity contribution in [2.24, 2.45) is 0 Å². The van der Waals surface area contributed by atoms with E-state index in [2.05, 4.69) is 43.8 Å². The Morgan fingerprint density at radius 1 is 1.26 bits per heavy atom. The van der Waals surface area contributed by atoms with Crippen LogP contribution < -0.4 is 5.32 Å². The number of rotatable bonds is 4. The third-order valence-electron chi connectivity index (χ3n) is 3.63. The lowest BCUT2D eigenvalue weighted by Crippen LogP contribution is -2.21. The summed E-state index contributed by atoms with van der Waals surface area (Å²) in [5.74, 6) is 1.04. The standard InChI is InChI=1S/C17H14BrClINOS/c18-13-6-5-10(9-14(13)19)11-3-1-2-4-15(11)21-17(22)12-7-8-23-16(12)20/h1-6,9,17,21-22H,7-8H2. The van der Waals surface area contributed by atoms with E-state index in [1.165, 1.54) is 2.91 Å². The molecular formula is C17H14BrClINOS. The van der Waals surface area contributed by atoms with E-state index >= 15 is 0 Å². The summed E-state index contributed by atoms with van der Waals surface area (Å²) >= 11 is 13.7. The minimum absolute atomic E-state index is 0.663. The molecule has 2 nitrogen and oxygen atoms in total. The summed E-state index contributed by atoms with van der Waals surface area (Å²) in [5.41, 5.74) is 3.99. The van der Waals surface area contributed by atoms with Crippen LogP contribution in [0.2, 0.25) is 5.02 Å². The molecule has 0 fully saturated rings. The first-order valence-electron chi connectivity index (χ1n) is 7.06. The van der Waals surface area contributed by atoms with Gasteiger partial charge in [-0.3, -0.25) is 0 Å². The van der Waals surface area contributed by atoms with Crippen molar-refractivity contribution < 1.29 is 5.11 Å². The summed E-state index contributed by atoms with van der Waals surface area (Å²) in [6, 6.07) is 13.8. The number of hydrogen-bond donors (Lipinski definition) is 2. The highest BCUT2D eigenvalue weighted by Crippen LogP contribution is 2.39. The topological polar surface area (TPSA) is 32.3 Å². The van der Waals surface area contributed by atoms with Crippen LogP contribution >= 0.6 is 61.9 Å². The molecule has 0 saturated heterocycles. The number of halogens is 3. The van der Waals surface area contributed by atoms with Gasteiger partial charge in [0.2, 0.25) is 0 Å². The maximum Gasteiger partial charge on any atom is 0.148 e. The SMILES string of the molecule is OC(Nc1ccccc1-c1ccc(Br)c(Cl)c1)C1=C(I)SCC1. The van der Waals surface area contributed by atoms with E-state index in [1.54, 1.807) is 11.8 Å². The molecule has 23 heavy (non-hydrogen) atoms. The zero-order valence-electron chi connectivity index (χ0n) is 12.0. The van der Waals surface area contributed by atoms with Gasteiger partial charge in [-0.2, -0.15) is 0 Å². The second kappa shape index (κ2) is 7.78. The predicted molar refractivity (Wildman–Crippen MR) is 112 cm³/mol. The number of aliphatic hydroxyl groups is 1. The zero-order chi connectivity index (χ0) is 16.4. The van der Waals surface area contributed by atoms with E-state index in [0.717, 1.165) is 39.0 Å². The van der Waals surface area contributed by atoms with Crippen LogP contribution in [0.25, 0.3) is 11.1 Å². The van der Waals surface area contributed by atoms with Crippen LogP contribution in [0.1, 0.15) is 6.42 Å². The molecule has 0 aliphatic carbocycles. The van der Waals surface area contributed by atoms with Crippen LogP contribution in [0.15, 0.2) is 55.4 Å². The van der Waals surface area contributed by atoms with Crippen LogP contribution in [-0.2, 0) is 0 Å². The number of thioether (sulfide) groups is 1. The molecule has 3 rings (SSSR count). The molecular weight excluding hydrogens is 509 g/mol. The van der Waals surface area contributed by atoms with Crippen LogP contribution in [0.3, 0.4) is 0 Å². The van der Waals surface area contributed by atoms with Gasteiger partial charge in [-0.05, 0) is 74.3 Å². The number of anilines is 1. The largest absolute Gasteiger partial charge is 0.370 e. The zero-order valence-corrected chi connectivity index (χ0v) is 17.3. The van der Waals surface area contributed by atoms with Crippen molar-refractivity contribution in [1.82, 2.24) is 0 Å². The monoisotopic (exact) mass is 521 g/mol. The van der Waals surface area contributed by atoms with E-state index in [9.17, 15) is 5.11 Å². The molecule has 1 unspecified atom stereocenters. The van der Waals surface area contributed by atoms with Gasteiger partial charge < -0.3 is 10.4 Å². The van der Waals surface area contributed by atoms with Gasteiger partial charge in [0.05, 0.1) is 5.02 Å². The highest BCUT2D eigenvalue weighted by atomic mass is 127. The van der Waals surface area contributed by atoms with E-state index in [-0.39, 0.29) is 0 Å². The molecule has 2 aromatic carbocycles. The molecule has 1 atom stereocenters. The van der Waals surface area contributed by atoms with Gasteiger partial charge in [0.25, 0.3) is 0 Å². The molecule has 0 aromatic heterocycles. The molecule has 1 aliphatic heterocycles. The lowest BCUT2D eigenvalue weighted by molar-refractivity contribution is 0.237. The van der Waals surface area contributed by atoms with Crippen molar-refractivity contribution in [2.45, 2.75) is 12.6 Å². The molecule has 6 heteroatoms. The second-order valence-electron chi connectivity index (χ2n) is 5.12. The molecule has 0 saturated carbocycles. The highest BCUT2D eigenvalue weighted by molar-refractivity contribution is 14.1. The van der Waals surface area contributed by atoms with Crippen molar-refractivity contribution in [3.05, 3.63) is 60.4 Å². The minimum Gasteiger partial charge on any atom is -0.370 e. The van der Waals surface area contributed by atoms with Crippen molar-refractivity contribution in [1.29, 1.82) is 0 Å². The van der Waals surface area contributed by atoms with Crippen LogP contribution in [0.5, 0.6) is 0 Å². The Bertz CT molecular complexity index is 768. The van der Waals surface area contributed by atoms with Gasteiger partial charge in [-0.25, -0.2) is 0 Å². The van der Waals surface area contributed by atoms with Crippen molar-refractivity contribution in [2.75, 3.05) is 11.1 Å². The van der Waals surface area contributed by atoms with E-state index < -0.39 is 6.23 Å². The Morgan fingerprint density at radius 2 is 2.04 bits per heavy atom. The fourth-order valence-electron chi connectivity index (χ4n) is 2.44. The summed E-state index contributed by atoms with van der Waals surface area (Å²) in [6.07, 6.45) is 0.257. The molecule has 0 radical (unpaired) electrons. The van der Waals surface area contributed by atoms with Gasteiger partial charge in [0, 0.05) is 24.4 Å². The second-order valence-corrected chi connectivity index (χ2v) is 9.30. The summed E-state index contributed by atoms with van der Waals surface area (Å²) in [6.45, 7) is 0. The summed E-state index contributed by atoms with van der Waals surface area (Å²) < 4.78 is 2.06. The maximum absolute atomic E-state index is 10.5. The highest BCUT2D eigenvalue weighted by Gasteiger charge is 2.21. The quantitative estimate of drug-likeness (QED) is 0.366. The molecule has 0 spiro atoms. The van der Waals surface area contributed by atoms with Crippen LogP contribution in [0, 0.1) is 0 Å². The molecule has 2 aromatic rings. The van der Waals surface area contributed by atoms with Crippen molar-refractivity contribution >= 4 is 67.6 Å². The first-order chi connectivity index (χ1) is 11.1. The van der Waals surface area contributed by atoms with Crippen molar-refractivity contribution in [3.63, 3.8) is 0 Å². The van der Waals surface area contributed by atoms with Crippen LogP contribution in [-0.4, -0.2) is 17.1 Å². The first-order valence-corrected chi connectivity index (χ1v) is 10.3. The average molecular weight is 523 g/mol. The van der Waals surface area contributed by atoms with Crippen molar-refractivity contribution in [3.8, 4) is 11.1 Å². The van der Waals surface area contributed by atoms with E-state index in [1.807, 2.05) is 42.5 Å². The molecule has 0 amide bonds. The van der Waals surface area contributed by atoms with Gasteiger partial charge in [-0.15, -0.1) is 11.8 Å². The van der Waals surface area contributed by atoms with E-state index in [0.29, 0.717) is 5.02 Å². The predicted octanol–water partition coefficient (Wildman–Crippen LogP) is 6.28. The Kier molecular flexibility index (Phi) is 5.96. The lowest BCUT2D eigenvalue weighted by atomic mass is 10.0. The van der Waals surface area contributed by atoms with Gasteiger partial charge in [0.15, 0.2) is 0 Å². The van der Waals surface area contributed by atoms with Gasteiger partial charge in [0.1, 0.15) is 6.23 Å². The number of benzene rings is 2. The lowest BCUT2D eigenvalue weighted by Gasteiger charge is -2.19. The number of nitrogens with one attached hydrogen (secondary N) is 1. The van der Waals surface area contributed by atoms with Gasteiger partial charge >= 0.3 is 0 Å². The Hall–Kier alpha value is -0.210. The van der Waals surface area contributed by atoms with Crippen LogP contribution in [0.4, 0.5) is 5.69 Å². The normalized spacial score (nSPS) is 15.8. The molecule has 1 heterocycles. The summed E-state index contributed by atoms with van der Waals surface area (Å²) in [7, 11) is 0. The Morgan fingerprint density at radius 3 is 2.74 bits per heavy atom. The Balaban J connectivity index is 1.92. The molecule has 2 N–H and O–H groups in total. The minimum atomic E-state index is -0.663. The number of para-hydroxylation sites is 1. The third-order valence-corrected chi connectivity index (χ3v) is 7.42. The third kappa shape index (κ3) is 4.07. The Labute approximate surface area is 167 Å². The smallest absolute Gasteiger partial charge is 0.148 e.